The molecule has 7 nitrogen and oxygen atoms in total. The number of furan rings is 1. The van der Waals surface area contributed by atoms with Crippen molar-refractivity contribution >= 4 is 17.8 Å². The van der Waals surface area contributed by atoms with Gasteiger partial charge in [0.05, 0.1) is 18.7 Å². The summed E-state index contributed by atoms with van der Waals surface area (Å²) < 4.78 is 4.91. The zero-order valence-corrected chi connectivity index (χ0v) is 10.9. The second kappa shape index (κ2) is 6.23. The molecule has 1 fully saturated rings. The van der Waals surface area contributed by atoms with E-state index in [0.717, 1.165) is 0 Å². The van der Waals surface area contributed by atoms with Crippen LogP contribution in [-0.2, 0) is 9.59 Å². The van der Waals surface area contributed by atoms with Gasteiger partial charge in [0.25, 0.3) is 5.91 Å². The van der Waals surface area contributed by atoms with Crippen LogP contribution in [0.3, 0.4) is 0 Å². The first kappa shape index (κ1) is 14.1. The van der Waals surface area contributed by atoms with E-state index in [1.165, 1.54) is 12.3 Å². The number of nitrogens with zero attached hydrogens (tertiary/aromatic N) is 1. The Morgan fingerprint density at radius 2 is 2.05 bits per heavy atom. The van der Waals surface area contributed by atoms with E-state index >= 15 is 0 Å². The third-order valence-electron chi connectivity index (χ3n) is 3.34. The Morgan fingerprint density at radius 3 is 2.60 bits per heavy atom. The van der Waals surface area contributed by atoms with E-state index < -0.39 is 11.9 Å². The molecule has 108 valence electrons. The summed E-state index contributed by atoms with van der Waals surface area (Å²) in [5, 5.41) is 11.3. The summed E-state index contributed by atoms with van der Waals surface area (Å²) in [7, 11) is 0. The number of carboxylic acids is 1. The van der Waals surface area contributed by atoms with Gasteiger partial charge in [-0.25, -0.2) is 0 Å². The second-order valence-electron chi connectivity index (χ2n) is 4.65. The lowest BCUT2D eigenvalue weighted by Crippen LogP contribution is -2.45. The summed E-state index contributed by atoms with van der Waals surface area (Å²) in [6, 6.07) is 3.10. The van der Waals surface area contributed by atoms with Crippen LogP contribution in [0.4, 0.5) is 0 Å². The number of nitrogens with one attached hydrogen (secondary N) is 1. The van der Waals surface area contributed by atoms with E-state index in [-0.39, 0.29) is 24.1 Å². The highest BCUT2D eigenvalue weighted by Crippen LogP contribution is 2.17. The van der Waals surface area contributed by atoms with Crippen molar-refractivity contribution in [1.82, 2.24) is 10.2 Å². The van der Waals surface area contributed by atoms with Gasteiger partial charge in [0, 0.05) is 13.1 Å². The molecule has 0 unspecified atom stereocenters. The number of hydrogen-bond acceptors (Lipinski definition) is 4. The minimum atomic E-state index is -0.816. The van der Waals surface area contributed by atoms with Gasteiger partial charge < -0.3 is 19.7 Å². The predicted molar refractivity (Wildman–Crippen MR) is 68.0 cm³/mol. The van der Waals surface area contributed by atoms with E-state index in [1.54, 1.807) is 11.0 Å². The average molecular weight is 280 g/mol. The number of amides is 2. The Labute approximate surface area is 115 Å². The van der Waals surface area contributed by atoms with Gasteiger partial charge in [-0.15, -0.1) is 0 Å². The lowest BCUT2D eigenvalue weighted by atomic mass is 9.97. The summed E-state index contributed by atoms with van der Waals surface area (Å²) in [4.78, 5) is 35.8. The molecule has 1 aliphatic heterocycles. The molecule has 1 aromatic heterocycles. The molecular weight excluding hydrogens is 264 g/mol. The Bertz CT molecular complexity index is 489. The van der Waals surface area contributed by atoms with Crippen molar-refractivity contribution in [1.29, 1.82) is 0 Å². The lowest BCUT2D eigenvalue weighted by molar-refractivity contribution is -0.145. The van der Waals surface area contributed by atoms with Gasteiger partial charge in [0.15, 0.2) is 5.76 Å². The maximum absolute atomic E-state index is 11.9. The van der Waals surface area contributed by atoms with Gasteiger partial charge in [-0.3, -0.25) is 14.4 Å². The summed E-state index contributed by atoms with van der Waals surface area (Å²) in [5.74, 6) is -1.69. The van der Waals surface area contributed by atoms with Crippen LogP contribution >= 0.6 is 0 Å². The Morgan fingerprint density at radius 1 is 1.35 bits per heavy atom. The first-order valence-corrected chi connectivity index (χ1v) is 6.40. The van der Waals surface area contributed by atoms with Gasteiger partial charge in [0.2, 0.25) is 5.91 Å². The van der Waals surface area contributed by atoms with E-state index in [9.17, 15) is 14.4 Å². The van der Waals surface area contributed by atoms with Crippen LogP contribution < -0.4 is 5.32 Å². The zero-order chi connectivity index (χ0) is 14.5. The number of rotatable bonds is 4. The van der Waals surface area contributed by atoms with Crippen molar-refractivity contribution in [3.8, 4) is 0 Å². The topological polar surface area (TPSA) is 99.9 Å². The van der Waals surface area contributed by atoms with E-state index in [1.807, 2.05) is 0 Å². The monoisotopic (exact) mass is 280 g/mol. The summed E-state index contributed by atoms with van der Waals surface area (Å²) in [6.07, 6.45) is 2.29. The quantitative estimate of drug-likeness (QED) is 0.828. The van der Waals surface area contributed by atoms with Crippen molar-refractivity contribution < 1.29 is 23.9 Å². The van der Waals surface area contributed by atoms with Crippen molar-refractivity contribution in [2.75, 3.05) is 19.6 Å². The minimum Gasteiger partial charge on any atom is -0.481 e. The molecule has 0 saturated carbocycles. The molecule has 1 aliphatic rings. The summed E-state index contributed by atoms with van der Waals surface area (Å²) >= 11 is 0. The van der Waals surface area contributed by atoms with Gasteiger partial charge >= 0.3 is 5.97 Å². The number of likely N-dealkylation sites (tertiary alicyclic amines) is 1. The Balaban J connectivity index is 1.76. The summed E-state index contributed by atoms with van der Waals surface area (Å²) in [6.45, 7) is 0.704. The fourth-order valence-corrected chi connectivity index (χ4v) is 2.14. The smallest absolute Gasteiger partial charge is 0.306 e. The van der Waals surface area contributed by atoms with Crippen LogP contribution in [0.25, 0.3) is 0 Å². The van der Waals surface area contributed by atoms with Gasteiger partial charge in [-0.1, -0.05) is 0 Å². The zero-order valence-electron chi connectivity index (χ0n) is 10.9. The Hall–Kier alpha value is -2.31. The number of carboxylic acid groups (broad SMARTS) is 1. The number of hydrogen-bond donors (Lipinski definition) is 2. The molecule has 0 atom stereocenters. The molecule has 2 N–H and O–H groups in total. The molecule has 0 aliphatic carbocycles. The molecule has 2 rings (SSSR count). The fourth-order valence-electron chi connectivity index (χ4n) is 2.14. The molecule has 2 heterocycles. The number of piperidine rings is 1. The minimum absolute atomic E-state index is 0.114. The molecule has 0 bridgehead atoms. The molecular formula is C13H16N2O5. The standard InChI is InChI=1S/C13H16N2O5/c16-11(8-14-12(17)10-2-1-7-20-10)15-5-3-9(4-6-15)13(18)19/h1-2,7,9H,3-6,8H2,(H,14,17)(H,18,19). The third-order valence-corrected chi connectivity index (χ3v) is 3.34. The van der Waals surface area contributed by atoms with Crippen molar-refractivity contribution in [2.24, 2.45) is 5.92 Å². The van der Waals surface area contributed by atoms with Crippen LogP contribution in [0.1, 0.15) is 23.4 Å². The molecule has 0 spiro atoms. The van der Waals surface area contributed by atoms with Crippen LogP contribution in [0.5, 0.6) is 0 Å². The lowest BCUT2D eigenvalue weighted by Gasteiger charge is -2.30. The third kappa shape index (κ3) is 3.37. The van der Waals surface area contributed by atoms with E-state index in [4.69, 9.17) is 9.52 Å². The maximum Gasteiger partial charge on any atom is 0.306 e. The highest BCUT2D eigenvalue weighted by Gasteiger charge is 2.27. The maximum atomic E-state index is 11.9. The molecule has 7 heteroatoms. The molecule has 0 radical (unpaired) electrons. The normalized spacial score (nSPS) is 15.9. The van der Waals surface area contributed by atoms with Crippen LogP contribution in [-0.4, -0.2) is 47.4 Å². The molecule has 1 aromatic rings. The SMILES string of the molecule is O=C(NCC(=O)N1CCC(C(=O)O)CC1)c1ccco1. The molecule has 1 saturated heterocycles. The van der Waals surface area contributed by atoms with Crippen molar-refractivity contribution in [2.45, 2.75) is 12.8 Å². The largest absolute Gasteiger partial charge is 0.481 e. The first-order chi connectivity index (χ1) is 9.58. The Kier molecular flexibility index (Phi) is 4.39. The number of aliphatic carboxylic acids is 1. The highest BCUT2D eigenvalue weighted by atomic mass is 16.4. The van der Waals surface area contributed by atoms with Gasteiger partial charge in [-0.2, -0.15) is 0 Å². The number of carbonyl (C=O) groups excluding carboxylic acids is 2. The van der Waals surface area contributed by atoms with Crippen molar-refractivity contribution in [3.63, 3.8) is 0 Å². The predicted octanol–water partition coefficient (Wildman–Crippen LogP) is 0.333. The van der Waals surface area contributed by atoms with Crippen LogP contribution in [0, 0.1) is 5.92 Å². The molecule has 0 aromatic carbocycles. The van der Waals surface area contributed by atoms with Gasteiger partial charge in [0.1, 0.15) is 0 Å². The molecule has 2 amide bonds. The fraction of sp³-hybridized carbons (Fsp3) is 0.462. The summed E-state index contributed by atoms with van der Waals surface area (Å²) in [5.41, 5.74) is 0. The van der Waals surface area contributed by atoms with Crippen LogP contribution in [0.2, 0.25) is 0 Å². The highest BCUT2D eigenvalue weighted by molar-refractivity contribution is 5.94. The second-order valence-corrected chi connectivity index (χ2v) is 4.65. The van der Waals surface area contributed by atoms with E-state index in [0.29, 0.717) is 25.9 Å². The molecule has 20 heavy (non-hydrogen) atoms. The average Bonchev–Trinajstić information content (AvgIpc) is 2.98. The van der Waals surface area contributed by atoms with Crippen molar-refractivity contribution in [3.05, 3.63) is 24.2 Å². The first-order valence-electron chi connectivity index (χ1n) is 6.40. The van der Waals surface area contributed by atoms with E-state index in [2.05, 4.69) is 5.32 Å². The number of carbonyl (C=O) groups is 3. The van der Waals surface area contributed by atoms with Crippen LogP contribution in [0.15, 0.2) is 22.8 Å². The van der Waals surface area contributed by atoms with Gasteiger partial charge in [-0.05, 0) is 25.0 Å².